The number of amides is 1. The van der Waals surface area contributed by atoms with Gasteiger partial charge in [0, 0.05) is 18.0 Å². The quantitative estimate of drug-likeness (QED) is 0.687. The Bertz CT molecular complexity index is 995. The lowest BCUT2D eigenvalue weighted by atomic mass is 10.1. The van der Waals surface area contributed by atoms with Gasteiger partial charge in [0.15, 0.2) is 0 Å². The molecule has 156 valence electrons. The Hall–Kier alpha value is -1.99. The van der Waals surface area contributed by atoms with E-state index in [2.05, 4.69) is 4.72 Å². The molecule has 0 bridgehead atoms. The van der Waals surface area contributed by atoms with Crippen LogP contribution < -0.4 is 4.72 Å². The number of benzene rings is 2. The highest BCUT2D eigenvalue weighted by Crippen LogP contribution is 2.28. The molecule has 1 aliphatic heterocycles. The van der Waals surface area contributed by atoms with Gasteiger partial charge in [-0.3, -0.25) is 9.52 Å². The van der Waals surface area contributed by atoms with Gasteiger partial charge in [0.2, 0.25) is 0 Å². The van der Waals surface area contributed by atoms with E-state index in [0.717, 1.165) is 54.8 Å². The van der Waals surface area contributed by atoms with Gasteiger partial charge in [-0.2, -0.15) is 0 Å². The van der Waals surface area contributed by atoms with Crippen molar-refractivity contribution in [1.29, 1.82) is 0 Å². The molecule has 1 saturated heterocycles. The molecule has 7 heteroatoms. The molecule has 1 aliphatic rings. The molecule has 1 fully saturated rings. The Balaban J connectivity index is 1.93. The predicted octanol–water partition coefficient (Wildman–Crippen LogP) is 4.84. The SMILES string of the molecule is CSc1ccc(S(=O)(=O)Nc2ccc(C)cc2C)cc1C(=O)N1CCCCCC1. The second kappa shape index (κ2) is 9.22. The van der Waals surface area contributed by atoms with Crippen molar-refractivity contribution in [2.24, 2.45) is 0 Å². The van der Waals surface area contributed by atoms with Crippen molar-refractivity contribution in [1.82, 2.24) is 4.90 Å². The number of thioether (sulfide) groups is 1. The van der Waals surface area contributed by atoms with Gasteiger partial charge in [0.1, 0.15) is 0 Å². The van der Waals surface area contributed by atoms with E-state index in [4.69, 9.17) is 0 Å². The van der Waals surface area contributed by atoms with Crippen molar-refractivity contribution in [2.45, 2.75) is 49.3 Å². The molecule has 0 aliphatic carbocycles. The molecule has 3 rings (SSSR count). The molecule has 0 unspecified atom stereocenters. The monoisotopic (exact) mass is 432 g/mol. The third-order valence-corrected chi connectivity index (χ3v) is 7.39. The van der Waals surface area contributed by atoms with E-state index in [0.29, 0.717) is 11.3 Å². The van der Waals surface area contributed by atoms with Crippen LogP contribution in [0.1, 0.15) is 47.2 Å². The van der Waals surface area contributed by atoms with E-state index in [1.165, 1.54) is 17.8 Å². The van der Waals surface area contributed by atoms with Crippen LogP contribution in [0.2, 0.25) is 0 Å². The van der Waals surface area contributed by atoms with Crippen LogP contribution >= 0.6 is 11.8 Å². The zero-order valence-corrected chi connectivity index (χ0v) is 18.8. The van der Waals surface area contributed by atoms with Crippen LogP contribution in [0.15, 0.2) is 46.2 Å². The van der Waals surface area contributed by atoms with Gasteiger partial charge in [0.05, 0.1) is 16.1 Å². The number of likely N-dealkylation sites (tertiary alicyclic amines) is 1. The van der Waals surface area contributed by atoms with Gasteiger partial charge in [-0.15, -0.1) is 11.8 Å². The number of rotatable bonds is 5. The van der Waals surface area contributed by atoms with Crippen LogP contribution in [-0.2, 0) is 10.0 Å². The minimum Gasteiger partial charge on any atom is -0.339 e. The smallest absolute Gasteiger partial charge is 0.261 e. The fourth-order valence-corrected chi connectivity index (χ4v) is 5.32. The third kappa shape index (κ3) is 5.14. The highest BCUT2D eigenvalue weighted by molar-refractivity contribution is 7.98. The molecule has 1 amide bonds. The number of carbonyl (C=O) groups is 1. The molecule has 2 aromatic rings. The summed E-state index contributed by atoms with van der Waals surface area (Å²) in [5.41, 5.74) is 2.93. The number of nitrogens with zero attached hydrogens (tertiary/aromatic N) is 1. The minimum absolute atomic E-state index is 0.0835. The zero-order valence-electron chi connectivity index (χ0n) is 17.2. The number of aryl methyl sites for hydroxylation is 2. The van der Waals surface area contributed by atoms with Crippen molar-refractivity contribution in [3.05, 3.63) is 53.1 Å². The summed E-state index contributed by atoms with van der Waals surface area (Å²) in [6.45, 7) is 5.29. The van der Waals surface area contributed by atoms with E-state index in [1.54, 1.807) is 18.2 Å². The fraction of sp³-hybridized carbons (Fsp3) is 0.409. The van der Waals surface area contributed by atoms with Crippen molar-refractivity contribution in [3.8, 4) is 0 Å². The molecule has 0 spiro atoms. The molecule has 5 nitrogen and oxygen atoms in total. The summed E-state index contributed by atoms with van der Waals surface area (Å²) < 4.78 is 28.7. The highest BCUT2D eigenvalue weighted by Gasteiger charge is 2.23. The lowest BCUT2D eigenvalue weighted by molar-refractivity contribution is 0.0758. The number of nitrogens with one attached hydrogen (secondary N) is 1. The second-order valence-corrected chi connectivity index (χ2v) is 10.0. The van der Waals surface area contributed by atoms with Crippen LogP contribution in [0.25, 0.3) is 0 Å². The molecule has 29 heavy (non-hydrogen) atoms. The highest BCUT2D eigenvalue weighted by atomic mass is 32.2. The predicted molar refractivity (Wildman–Crippen MR) is 119 cm³/mol. The number of carbonyl (C=O) groups excluding carboxylic acids is 1. The van der Waals surface area contributed by atoms with Crippen LogP contribution in [-0.4, -0.2) is 38.6 Å². The Kier molecular flexibility index (Phi) is 6.90. The van der Waals surface area contributed by atoms with E-state index < -0.39 is 10.0 Å². The first-order chi connectivity index (χ1) is 13.8. The van der Waals surface area contributed by atoms with Gasteiger partial charge < -0.3 is 4.90 Å². The molecule has 0 radical (unpaired) electrons. The number of anilines is 1. The zero-order chi connectivity index (χ0) is 21.0. The van der Waals surface area contributed by atoms with Gasteiger partial charge in [-0.05, 0) is 62.8 Å². The topological polar surface area (TPSA) is 66.5 Å². The average molecular weight is 433 g/mol. The van der Waals surface area contributed by atoms with E-state index in [9.17, 15) is 13.2 Å². The van der Waals surface area contributed by atoms with Gasteiger partial charge >= 0.3 is 0 Å². The first kappa shape index (κ1) is 21.7. The van der Waals surface area contributed by atoms with Crippen molar-refractivity contribution in [3.63, 3.8) is 0 Å². The first-order valence-corrected chi connectivity index (χ1v) is 12.6. The maximum atomic E-state index is 13.2. The average Bonchev–Trinajstić information content (AvgIpc) is 2.98. The molecule has 2 aromatic carbocycles. The minimum atomic E-state index is -3.80. The van der Waals surface area contributed by atoms with Crippen LogP contribution in [0.4, 0.5) is 5.69 Å². The first-order valence-electron chi connectivity index (χ1n) is 9.89. The lowest BCUT2D eigenvalue weighted by Crippen LogP contribution is -2.32. The summed E-state index contributed by atoms with van der Waals surface area (Å²) in [4.78, 5) is 15.9. The summed E-state index contributed by atoms with van der Waals surface area (Å²) in [6, 6.07) is 10.4. The maximum absolute atomic E-state index is 13.2. The third-order valence-electron chi connectivity index (χ3n) is 5.23. The number of hydrogen-bond acceptors (Lipinski definition) is 4. The van der Waals surface area contributed by atoms with Gasteiger partial charge in [-0.1, -0.05) is 30.5 Å². The van der Waals surface area contributed by atoms with Crippen molar-refractivity contribution < 1.29 is 13.2 Å². The summed E-state index contributed by atoms with van der Waals surface area (Å²) in [6.07, 6.45) is 6.15. The summed E-state index contributed by atoms with van der Waals surface area (Å²) in [5.74, 6) is -0.0835. The molecular formula is C22H28N2O3S2. The van der Waals surface area contributed by atoms with Crippen LogP contribution in [0, 0.1) is 13.8 Å². The second-order valence-electron chi connectivity index (χ2n) is 7.49. The summed E-state index contributed by atoms with van der Waals surface area (Å²) >= 11 is 1.46. The number of sulfonamides is 1. The molecule has 0 aromatic heterocycles. The van der Waals surface area contributed by atoms with E-state index in [1.807, 2.05) is 37.1 Å². The Morgan fingerprint density at radius 1 is 1.00 bits per heavy atom. The maximum Gasteiger partial charge on any atom is 0.261 e. The fourth-order valence-electron chi connectivity index (χ4n) is 3.60. The summed E-state index contributed by atoms with van der Waals surface area (Å²) in [7, 11) is -3.80. The largest absolute Gasteiger partial charge is 0.339 e. The molecule has 1 heterocycles. The van der Waals surface area contributed by atoms with Crippen LogP contribution in [0.5, 0.6) is 0 Å². The molecule has 0 saturated carbocycles. The van der Waals surface area contributed by atoms with Crippen molar-refractivity contribution in [2.75, 3.05) is 24.1 Å². The van der Waals surface area contributed by atoms with Gasteiger partial charge in [-0.25, -0.2) is 8.42 Å². The van der Waals surface area contributed by atoms with E-state index in [-0.39, 0.29) is 10.8 Å². The standard InChI is InChI=1S/C22H28N2O3S2/c1-16-8-10-20(17(2)14-16)23-29(26,27)18-9-11-21(28-3)19(15-18)22(25)24-12-6-4-5-7-13-24/h8-11,14-15,23H,4-7,12-13H2,1-3H3. The Labute approximate surface area is 177 Å². The molecule has 0 atom stereocenters. The Morgan fingerprint density at radius 3 is 2.31 bits per heavy atom. The number of hydrogen-bond donors (Lipinski definition) is 1. The van der Waals surface area contributed by atoms with Gasteiger partial charge in [0.25, 0.3) is 15.9 Å². The normalized spacial score (nSPS) is 15.1. The van der Waals surface area contributed by atoms with E-state index >= 15 is 0 Å². The lowest BCUT2D eigenvalue weighted by Gasteiger charge is -2.22. The Morgan fingerprint density at radius 2 is 1.69 bits per heavy atom. The van der Waals surface area contributed by atoms with Crippen LogP contribution in [0.3, 0.4) is 0 Å². The molecule has 1 N–H and O–H groups in total. The molecular weight excluding hydrogens is 404 g/mol. The summed E-state index contributed by atoms with van der Waals surface area (Å²) in [5, 5.41) is 0. The van der Waals surface area contributed by atoms with Crippen molar-refractivity contribution >= 4 is 33.4 Å².